The van der Waals surface area contributed by atoms with Crippen LogP contribution in [0.3, 0.4) is 0 Å². The Bertz CT molecular complexity index is 3930. The second-order valence-corrected chi connectivity index (χ2v) is 17.1. The highest BCUT2D eigenvalue weighted by molar-refractivity contribution is 6.29. The van der Waals surface area contributed by atoms with Crippen LogP contribution in [0.15, 0.2) is 126 Å². The summed E-state index contributed by atoms with van der Waals surface area (Å²) in [7, 11) is 0. The van der Waals surface area contributed by atoms with E-state index in [4.69, 9.17) is 62.5 Å². The van der Waals surface area contributed by atoms with Crippen LogP contribution in [0.5, 0.6) is 0 Å². The highest BCUT2D eigenvalue weighted by Crippen LogP contribution is 2.33. The average Bonchev–Trinajstić information content (AvgIpc) is 4.40. The molecule has 12 heterocycles. The summed E-state index contributed by atoms with van der Waals surface area (Å²) in [6.45, 7) is 16.1. The van der Waals surface area contributed by atoms with Gasteiger partial charge in [-0.05, 0) is 88.9 Å². The number of furan rings is 2. The van der Waals surface area contributed by atoms with Gasteiger partial charge in [-0.25, -0.2) is 58.9 Å². The Kier molecular flexibility index (Phi) is 17.3. The summed E-state index contributed by atoms with van der Waals surface area (Å²) in [5.41, 5.74) is 11.9. The smallest absolute Gasteiger partial charge is 0.252 e. The van der Waals surface area contributed by atoms with Crippen LogP contribution in [0.2, 0.25) is 15.9 Å². The summed E-state index contributed by atoms with van der Waals surface area (Å²) in [6.07, 6.45) is 17.7. The molecular weight excluding hydrogens is 1080 g/mol. The quantitative estimate of drug-likeness (QED) is 0.0349. The number of hydrogen-bond donors (Lipinski definition) is 8. The Morgan fingerprint density at radius 1 is 0.696 bits per heavy atom. The number of carbonyl (C=O) groups excluding carboxylic acids is 1. The van der Waals surface area contributed by atoms with Crippen molar-refractivity contribution in [3.63, 3.8) is 0 Å². The Morgan fingerprint density at radius 2 is 1.30 bits per heavy atom. The summed E-state index contributed by atoms with van der Waals surface area (Å²) in [6, 6.07) is 14.7. The van der Waals surface area contributed by atoms with Crippen molar-refractivity contribution in [2.75, 3.05) is 27.9 Å². The van der Waals surface area contributed by atoms with Gasteiger partial charge in [0.2, 0.25) is 27.2 Å². The molecule has 0 spiro atoms. The summed E-state index contributed by atoms with van der Waals surface area (Å²) in [5.74, 6) is 2.64. The first-order valence-electron chi connectivity index (χ1n) is 23.3. The van der Waals surface area contributed by atoms with Gasteiger partial charge in [0.1, 0.15) is 64.4 Å². The second-order valence-electron chi connectivity index (χ2n) is 16.1. The number of imidazole rings is 1. The number of fused-ring (bicyclic) bond motifs is 4. The third kappa shape index (κ3) is 13.2. The number of hydrogen-bond acceptors (Lipinski definition) is 18. The third-order valence-corrected chi connectivity index (χ3v) is 11.7. The number of aromatic amines is 3. The minimum Gasteiger partial charge on any atom is -0.467 e. The Labute approximate surface area is 460 Å². The Hall–Kier alpha value is -10.3. The molecule has 0 fully saturated rings. The fourth-order valence-corrected chi connectivity index (χ4v) is 8.08. The fraction of sp³-hybridized carbons (Fsp3) is 0.120. The number of amides is 1. The van der Waals surface area contributed by atoms with Crippen LogP contribution in [0.1, 0.15) is 33.1 Å². The van der Waals surface area contributed by atoms with E-state index in [0.717, 1.165) is 28.2 Å². The lowest BCUT2D eigenvalue weighted by atomic mass is 10.2. The van der Waals surface area contributed by atoms with Crippen molar-refractivity contribution in [2.24, 2.45) is 5.73 Å². The molecule has 29 heteroatoms. The number of nitrogens with one attached hydrogen (secondary N) is 7. The van der Waals surface area contributed by atoms with Crippen molar-refractivity contribution in [3.05, 3.63) is 184 Å². The summed E-state index contributed by atoms with van der Waals surface area (Å²) in [4.78, 5) is 71.8. The number of pyridine rings is 2. The number of anilines is 4. The van der Waals surface area contributed by atoms with E-state index in [2.05, 4.69) is 101 Å². The molecule has 0 aliphatic rings. The maximum absolute atomic E-state index is 12.5. The molecule has 0 radical (unpaired) electrons. The zero-order chi connectivity index (χ0) is 55.1. The number of alkyl halides is 1. The maximum Gasteiger partial charge on any atom is 0.252 e. The molecule has 12 rings (SSSR count). The van der Waals surface area contributed by atoms with Gasteiger partial charge in [0.05, 0.1) is 91.3 Å². The highest BCUT2D eigenvalue weighted by Gasteiger charge is 2.17. The van der Waals surface area contributed by atoms with Gasteiger partial charge in [0.15, 0.2) is 5.65 Å². The normalized spacial score (nSPS) is 10.7. The van der Waals surface area contributed by atoms with Gasteiger partial charge < -0.3 is 55.4 Å². The topological polar surface area (TPSA) is 320 Å². The number of halogens is 4. The monoisotopic (exact) mass is 1120 g/mol. The van der Waals surface area contributed by atoms with E-state index in [-0.39, 0.29) is 22.4 Å². The lowest BCUT2D eigenvalue weighted by Gasteiger charge is -2.09. The van der Waals surface area contributed by atoms with Crippen LogP contribution in [-0.2, 0) is 32.7 Å². The molecule has 0 saturated heterocycles. The molecule has 0 bridgehead atoms. The minimum atomic E-state index is -0.550. The predicted octanol–water partition coefficient (Wildman–Crippen LogP) is 10.3. The van der Waals surface area contributed by atoms with E-state index in [1.54, 1.807) is 66.4 Å². The number of nitrogens with two attached hydrogens (primary N) is 1. The van der Waals surface area contributed by atoms with Crippen molar-refractivity contribution in [2.45, 2.75) is 32.7 Å². The van der Waals surface area contributed by atoms with Crippen LogP contribution >= 0.6 is 34.8 Å². The van der Waals surface area contributed by atoms with Gasteiger partial charge >= 0.3 is 0 Å². The Balaban J connectivity index is 0.000000128. The highest BCUT2D eigenvalue weighted by atomic mass is 35.5. The van der Waals surface area contributed by atoms with Crippen LogP contribution in [0.4, 0.5) is 38.9 Å². The van der Waals surface area contributed by atoms with Gasteiger partial charge in [-0.2, -0.15) is 4.98 Å². The third-order valence-electron chi connectivity index (χ3n) is 11.2. The van der Waals surface area contributed by atoms with E-state index in [1.807, 2.05) is 36.4 Å². The van der Waals surface area contributed by atoms with E-state index < -0.39 is 12.6 Å². The van der Waals surface area contributed by atoms with Crippen LogP contribution in [0.25, 0.3) is 54.0 Å². The zero-order valence-electron chi connectivity index (χ0n) is 40.8. The molecule has 0 unspecified atom stereocenters. The van der Waals surface area contributed by atoms with Gasteiger partial charge in [-0.15, -0.1) is 0 Å². The molecule has 9 N–H and O–H groups in total. The standard InChI is InChI=1S/C13H12ClFN4O.C13H9ClN6.C12H8ClN7.C12H11N5O2/c14-13-17-11(16-8-9-2-1-7-20-9)10-3-5-19(6-4-15)12(10)18-13;1-15-9-7-18-12-10(9)11(19-13(14)20-12)17-6-8-2-4-16-5-3-8;1-14-8-5-17-11-9(8)10(19-12(13)20-11)16-4-7-2-3-15-6-18-7;13-11(18)8-5-15-12-10(16-6-17-12)9(8)14-4-7-2-1-3-19-7/h1-3,5,7H,4,6,8H2,(H,16,17,18);2-5,7H,6H2,(H2,17,18,19,20);2-3,5-6H,4H2,(H2,16,17,19,20);1-3,5-6H,4H2,(H2,13,18)(H2,14,15,16,17). The molecule has 79 heavy (non-hydrogen) atoms. The van der Waals surface area contributed by atoms with Crippen molar-refractivity contribution in [1.29, 1.82) is 0 Å². The fourth-order valence-electron chi connectivity index (χ4n) is 7.58. The first-order chi connectivity index (χ1) is 38.6. The zero-order valence-corrected chi connectivity index (χ0v) is 43.1. The number of primary amides is 1. The van der Waals surface area contributed by atoms with Crippen molar-refractivity contribution < 1.29 is 18.0 Å². The van der Waals surface area contributed by atoms with E-state index in [1.165, 1.54) is 18.9 Å². The molecule has 0 atom stereocenters. The number of carbonyl (C=O) groups is 1. The molecule has 12 aromatic rings. The molecular formula is C50H40Cl3FN22O3. The second kappa shape index (κ2) is 25.5. The minimum absolute atomic E-state index is 0.112. The van der Waals surface area contributed by atoms with E-state index in [0.29, 0.717) is 105 Å². The lowest BCUT2D eigenvalue weighted by Crippen LogP contribution is -2.15. The number of aryl methyl sites for hydroxylation is 1. The van der Waals surface area contributed by atoms with Gasteiger partial charge in [-0.3, -0.25) is 9.78 Å². The SMILES string of the molecule is FCCn1ccc2c(NCc3ccco3)nc(Cl)nc21.NC(=O)c1cnc2nc[nH]c2c1NCc1ccco1.[C-]#[N+]c1c[nH]c2nc(Cl)nc(NCc3ccncc3)c12.[C-]#[N+]c1c[nH]c2nc(Cl)nc(NCc3ccncn3)c12. The average molecular weight is 1120 g/mol. The Morgan fingerprint density at radius 3 is 1.90 bits per heavy atom. The van der Waals surface area contributed by atoms with Crippen LogP contribution in [0, 0.1) is 13.1 Å². The predicted molar refractivity (Wildman–Crippen MR) is 294 cm³/mol. The molecule has 0 aliphatic carbocycles. The van der Waals surface area contributed by atoms with E-state index >= 15 is 0 Å². The lowest BCUT2D eigenvalue weighted by molar-refractivity contribution is 0.100. The van der Waals surface area contributed by atoms with Gasteiger partial charge in [-0.1, -0.05) is 0 Å². The van der Waals surface area contributed by atoms with Crippen molar-refractivity contribution in [3.8, 4) is 0 Å². The molecule has 25 nitrogen and oxygen atoms in total. The number of rotatable bonds is 15. The molecule has 0 aromatic carbocycles. The maximum atomic E-state index is 12.5. The number of H-pyrrole nitrogens is 3. The molecule has 1 amide bonds. The van der Waals surface area contributed by atoms with E-state index in [9.17, 15) is 9.18 Å². The van der Waals surface area contributed by atoms with Crippen molar-refractivity contribution in [1.82, 2.24) is 74.3 Å². The molecule has 396 valence electrons. The first kappa shape index (κ1) is 53.5. The van der Waals surface area contributed by atoms with Gasteiger partial charge in [0.25, 0.3) is 5.91 Å². The van der Waals surface area contributed by atoms with Crippen molar-refractivity contribution >= 4 is 119 Å². The van der Waals surface area contributed by atoms with Crippen LogP contribution in [-0.4, -0.2) is 86.9 Å². The summed E-state index contributed by atoms with van der Waals surface area (Å²) in [5, 5.41) is 15.0. The van der Waals surface area contributed by atoms with Crippen LogP contribution < -0.4 is 27.0 Å². The molecule has 0 aliphatic heterocycles. The number of aromatic nitrogens is 15. The molecule has 0 saturated carbocycles. The summed E-state index contributed by atoms with van der Waals surface area (Å²) < 4.78 is 24.7. The van der Waals surface area contributed by atoms with Gasteiger partial charge in [0, 0.05) is 49.9 Å². The first-order valence-corrected chi connectivity index (χ1v) is 24.4. The summed E-state index contributed by atoms with van der Waals surface area (Å²) >= 11 is 17.7. The molecule has 12 aromatic heterocycles. The largest absolute Gasteiger partial charge is 0.467 e. The number of nitrogens with zero attached hydrogens (tertiary/aromatic N) is 14.